The Morgan fingerprint density at radius 1 is 1.46 bits per heavy atom. The van der Waals surface area contributed by atoms with Crippen LogP contribution >= 0.6 is 0 Å². The van der Waals surface area contributed by atoms with Gasteiger partial charge in [-0.3, -0.25) is 0 Å². The molecule has 0 bridgehead atoms. The van der Waals surface area contributed by atoms with E-state index in [9.17, 15) is 0 Å². The number of fused-ring (bicyclic) bond motifs is 1. The number of aromatic amines is 1. The first-order valence-electron chi connectivity index (χ1n) is 4.84. The first-order valence-corrected chi connectivity index (χ1v) is 4.84. The van der Waals surface area contributed by atoms with Gasteiger partial charge in [-0.2, -0.15) is 0 Å². The Morgan fingerprint density at radius 3 is 3.08 bits per heavy atom. The van der Waals surface area contributed by atoms with Crippen molar-refractivity contribution >= 4 is 12.6 Å². The molecule has 0 saturated carbocycles. The molecular formula is C11H14BN. The predicted molar refractivity (Wildman–Crippen MR) is 57.9 cm³/mol. The fraction of sp³-hybridized carbons (Fsp3) is 0.364. The van der Waals surface area contributed by atoms with Gasteiger partial charge in [-0.15, -0.1) is 0 Å². The van der Waals surface area contributed by atoms with Gasteiger partial charge in [0.2, 0.25) is 0 Å². The van der Waals surface area contributed by atoms with Gasteiger partial charge in [0, 0.05) is 0 Å². The molecule has 0 unspecified atom stereocenters. The number of allylic oxidation sites excluding steroid dienone is 4. The molecule has 0 aromatic carbocycles. The van der Waals surface area contributed by atoms with Crippen molar-refractivity contribution in [2.75, 3.05) is 0 Å². The molecule has 0 fully saturated rings. The fourth-order valence-corrected chi connectivity index (χ4v) is 1.83. The zero-order chi connectivity index (χ0) is 9.26. The van der Waals surface area contributed by atoms with Crippen molar-refractivity contribution in [3.05, 3.63) is 34.9 Å². The quantitative estimate of drug-likeness (QED) is 0.668. The second-order valence-electron chi connectivity index (χ2n) is 3.61. The molecule has 1 heterocycles. The first kappa shape index (κ1) is 8.55. The van der Waals surface area contributed by atoms with Gasteiger partial charge in [0.05, 0.1) is 0 Å². The van der Waals surface area contributed by atoms with E-state index in [0.717, 1.165) is 12.8 Å². The Balaban J connectivity index is 2.50. The van der Waals surface area contributed by atoms with Crippen molar-refractivity contribution in [1.82, 2.24) is 4.89 Å². The second kappa shape index (κ2) is 3.37. The van der Waals surface area contributed by atoms with Crippen LogP contribution in [0.25, 0.3) is 5.57 Å². The molecule has 0 amide bonds. The number of rotatable bonds is 1. The maximum atomic E-state index is 3.31. The van der Waals surface area contributed by atoms with Crippen molar-refractivity contribution in [2.45, 2.75) is 26.7 Å². The first-order chi connectivity index (χ1) is 6.31. The zero-order valence-electron chi connectivity index (χ0n) is 8.22. The number of nitrogens with one attached hydrogen (secondary N) is 1. The van der Waals surface area contributed by atoms with Crippen LogP contribution in [0.5, 0.6) is 0 Å². The van der Waals surface area contributed by atoms with Crippen LogP contribution in [-0.2, 0) is 6.42 Å². The van der Waals surface area contributed by atoms with E-state index in [1.807, 2.05) is 7.05 Å². The third-order valence-electron chi connectivity index (χ3n) is 2.58. The van der Waals surface area contributed by atoms with Crippen LogP contribution in [0.1, 0.15) is 31.5 Å². The monoisotopic (exact) mass is 171 g/mol. The summed E-state index contributed by atoms with van der Waals surface area (Å²) < 4.78 is 0. The van der Waals surface area contributed by atoms with E-state index in [4.69, 9.17) is 0 Å². The van der Waals surface area contributed by atoms with Crippen LogP contribution in [0.4, 0.5) is 0 Å². The molecule has 1 nitrogen and oxygen atoms in total. The summed E-state index contributed by atoms with van der Waals surface area (Å²) in [6, 6.07) is 0. The summed E-state index contributed by atoms with van der Waals surface area (Å²) in [7, 11) is 2.03. The molecule has 1 N–H and O–H groups in total. The van der Waals surface area contributed by atoms with Crippen LogP contribution < -0.4 is 0 Å². The molecule has 0 radical (unpaired) electrons. The summed E-state index contributed by atoms with van der Waals surface area (Å²) in [6.07, 6.45) is 6.64. The predicted octanol–water partition coefficient (Wildman–Crippen LogP) is 2.65. The van der Waals surface area contributed by atoms with Gasteiger partial charge in [-0.05, 0) is 0 Å². The van der Waals surface area contributed by atoms with Gasteiger partial charge in [0.15, 0.2) is 0 Å². The van der Waals surface area contributed by atoms with E-state index >= 15 is 0 Å². The molecule has 13 heavy (non-hydrogen) atoms. The molecule has 1 aromatic rings. The summed E-state index contributed by atoms with van der Waals surface area (Å²) in [5, 5.41) is 0. The number of aromatic nitrogens is 1. The molecule has 0 atom stereocenters. The summed E-state index contributed by atoms with van der Waals surface area (Å²) >= 11 is 0. The fourth-order valence-electron chi connectivity index (χ4n) is 1.83. The van der Waals surface area contributed by atoms with E-state index in [2.05, 4.69) is 36.9 Å². The normalized spacial score (nSPS) is 15.5. The van der Waals surface area contributed by atoms with Crippen molar-refractivity contribution < 1.29 is 0 Å². The van der Waals surface area contributed by atoms with E-state index in [-0.39, 0.29) is 0 Å². The van der Waals surface area contributed by atoms with Crippen molar-refractivity contribution in [2.24, 2.45) is 0 Å². The molecule has 1 aromatic heterocycles. The van der Waals surface area contributed by atoms with Gasteiger partial charge in [-0.25, -0.2) is 0 Å². The Bertz CT molecular complexity index is 371. The van der Waals surface area contributed by atoms with E-state index < -0.39 is 0 Å². The minimum atomic E-state index is 1.06. The number of hydrogen-bond acceptors (Lipinski definition) is 0. The second-order valence-corrected chi connectivity index (χ2v) is 3.61. The van der Waals surface area contributed by atoms with Gasteiger partial charge < -0.3 is 0 Å². The average molecular weight is 171 g/mol. The van der Waals surface area contributed by atoms with Gasteiger partial charge in [0.1, 0.15) is 0 Å². The molecule has 2 rings (SSSR count). The molecule has 66 valence electrons. The molecule has 1 aliphatic carbocycles. The molecular weight excluding hydrogens is 157 g/mol. The van der Waals surface area contributed by atoms with Crippen molar-refractivity contribution in [1.29, 1.82) is 0 Å². The molecule has 0 saturated heterocycles. The maximum absolute atomic E-state index is 3.31. The topological polar surface area (TPSA) is 15.8 Å². The minimum absolute atomic E-state index is 1.06. The summed E-state index contributed by atoms with van der Waals surface area (Å²) in [6.45, 7) is 4.39. The van der Waals surface area contributed by atoms with Crippen molar-refractivity contribution in [3.8, 4) is 0 Å². The Hall–Kier alpha value is -1.05. The summed E-state index contributed by atoms with van der Waals surface area (Å²) in [5.74, 6) is 2.18. The molecule has 1 aliphatic rings. The van der Waals surface area contributed by atoms with Crippen LogP contribution in [0.3, 0.4) is 0 Å². The molecule has 2 heteroatoms. The standard InChI is InChI=1S/C11H14BN/c1-3-9-5-4-8(2)6-11-10(9)7-12-13-11/h4-5,7,13H,3,6H2,1-2H3. The van der Waals surface area contributed by atoms with Crippen LogP contribution in [0.15, 0.2) is 23.7 Å². The van der Waals surface area contributed by atoms with Crippen LogP contribution in [0, 0.1) is 0 Å². The summed E-state index contributed by atoms with van der Waals surface area (Å²) in [4.78, 5) is 3.31. The van der Waals surface area contributed by atoms with Crippen LogP contribution in [-0.4, -0.2) is 11.9 Å². The van der Waals surface area contributed by atoms with E-state index in [1.54, 1.807) is 0 Å². The Labute approximate surface area is 79.8 Å². The van der Waals surface area contributed by atoms with E-state index in [0.29, 0.717) is 0 Å². The third-order valence-corrected chi connectivity index (χ3v) is 2.58. The SMILES string of the molecule is CCC1=CC=C(C)Cc2[nH]bcc21. The molecule has 0 aliphatic heterocycles. The van der Waals surface area contributed by atoms with Gasteiger partial charge in [0.25, 0.3) is 0 Å². The summed E-state index contributed by atoms with van der Waals surface area (Å²) in [5.41, 5.74) is 5.62. The van der Waals surface area contributed by atoms with Crippen molar-refractivity contribution in [3.63, 3.8) is 0 Å². The molecule has 0 spiro atoms. The van der Waals surface area contributed by atoms with Crippen LogP contribution in [0.2, 0.25) is 0 Å². The van der Waals surface area contributed by atoms with Gasteiger partial charge >= 0.3 is 79.2 Å². The Kier molecular flexibility index (Phi) is 2.21. The third kappa shape index (κ3) is 1.53. The number of hydrogen-bond donors (Lipinski definition) is 1. The average Bonchev–Trinajstić information content (AvgIpc) is 2.49. The van der Waals surface area contributed by atoms with Gasteiger partial charge in [-0.1, -0.05) is 0 Å². The number of H-pyrrole nitrogens is 1. The Morgan fingerprint density at radius 2 is 2.31 bits per heavy atom. The zero-order valence-corrected chi connectivity index (χ0v) is 8.22. The van der Waals surface area contributed by atoms with E-state index in [1.165, 1.54) is 22.4 Å².